The van der Waals surface area contributed by atoms with Crippen LogP contribution in [0.15, 0.2) is 24.3 Å². The number of halogens is 1. The van der Waals surface area contributed by atoms with E-state index in [4.69, 9.17) is 0 Å². The van der Waals surface area contributed by atoms with E-state index in [0.717, 1.165) is 18.5 Å². The summed E-state index contributed by atoms with van der Waals surface area (Å²) in [7, 11) is 0. The van der Waals surface area contributed by atoms with Gasteiger partial charge >= 0.3 is 0 Å². The molecule has 0 aliphatic carbocycles. The molecule has 0 saturated carbocycles. The molecule has 15 heavy (non-hydrogen) atoms. The van der Waals surface area contributed by atoms with Crippen LogP contribution in [0.5, 0.6) is 0 Å². The van der Waals surface area contributed by atoms with Crippen molar-refractivity contribution in [1.29, 1.82) is 0 Å². The molecule has 0 spiro atoms. The highest BCUT2D eigenvalue weighted by atomic mass is 19.1. The Morgan fingerprint density at radius 3 is 2.67 bits per heavy atom. The van der Waals surface area contributed by atoms with Gasteiger partial charge in [0, 0.05) is 6.04 Å². The minimum absolute atomic E-state index is 0.624. The third-order valence-electron chi connectivity index (χ3n) is 3.08. The van der Waals surface area contributed by atoms with Crippen molar-refractivity contribution >= 4 is 0 Å². The molecule has 1 aliphatic rings. The maximum atomic E-state index is 13.0. The highest BCUT2D eigenvalue weighted by Crippen LogP contribution is 2.18. The van der Waals surface area contributed by atoms with Gasteiger partial charge in [0.05, 0.1) is 0 Å². The Bertz CT molecular complexity index is 299. The topological polar surface area (TPSA) is 12.0 Å². The average Bonchev–Trinajstić information content (AvgIpc) is 2.71. The number of nitrogens with one attached hydrogen (secondary N) is 1. The first-order chi connectivity index (χ1) is 7.25. The predicted octanol–water partition coefficient (Wildman–Crippen LogP) is 3.01. The number of hydrogen-bond donors (Lipinski definition) is 1. The molecule has 1 aromatic rings. The van der Waals surface area contributed by atoms with Gasteiger partial charge in [-0.05, 0) is 43.9 Å². The Hall–Kier alpha value is -0.890. The fraction of sp³-hybridized carbons (Fsp3) is 0.538. The lowest BCUT2D eigenvalue weighted by molar-refractivity contribution is 0.374. The third-order valence-corrected chi connectivity index (χ3v) is 3.08. The number of benzene rings is 1. The van der Waals surface area contributed by atoms with E-state index in [-0.39, 0.29) is 0 Å². The first kappa shape index (κ1) is 10.6. The lowest BCUT2D eigenvalue weighted by Crippen LogP contribution is -2.23. The van der Waals surface area contributed by atoms with E-state index in [1.807, 2.05) is 24.3 Å². The second-order valence-corrected chi connectivity index (χ2v) is 4.35. The van der Waals surface area contributed by atoms with Crippen molar-refractivity contribution in [2.45, 2.75) is 38.4 Å². The van der Waals surface area contributed by atoms with Crippen LogP contribution in [0.1, 0.15) is 37.1 Å². The molecule has 1 nitrogen and oxygen atoms in total. The van der Waals surface area contributed by atoms with Gasteiger partial charge in [-0.1, -0.05) is 24.3 Å². The minimum Gasteiger partial charge on any atom is -0.314 e. The molecular weight excluding hydrogens is 189 g/mol. The van der Waals surface area contributed by atoms with Crippen LogP contribution >= 0.6 is 0 Å². The van der Waals surface area contributed by atoms with E-state index in [2.05, 4.69) is 5.32 Å². The molecule has 1 fully saturated rings. The van der Waals surface area contributed by atoms with Crippen LogP contribution in [-0.4, -0.2) is 12.6 Å². The summed E-state index contributed by atoms with van der Waals surface area (Å²) in [4.78, 5) is 0. The molecule has 1 aliphatic heterocycles. The summed E-state index contributed by atoms with van der Waals surface area (Å²) in [5, 5.41) is 3.47. The van der Waals surface area contributed by atoms with Crippen molar-refractivity contribution in [3.05, 3.63) is 35.4 Å². The maximum Gasteiger partial charge on any atom is 0.122 e. The first-order valence-electron chi connectivity index (χ1n) is 5.72. The van der Waals surface area contributed by atoms with Crippen molar-refractivity contribution in [2.75, 3.05) is 6.54 Å². The van der Waals surface area contributed by atoms with Crippen molar-refractivity contribution in [1.82, 2.24) is 5.32 Å². The summed E-state index contributed by atoms with van der Waals surface area (Å²) in [5.74, 6) is 0. The Morgan fingerprint density at radius 2 is 2.13 bits per heavy atom. The van der Waals surface area contributed by atoms with Crippen LogP contribution in [0.3, 0.4) is 0 Å². The summed E-state index contributed by atoms with van der Waals surface area (Å²) >= 11 is 0. The molecule has 0 radical (unpaired) electrons. The summed E-state index contributed by atoms with van der Waals surface area (Å²) in [5.41, 5.74) is 2.08. The first-order valence-corrected chi connectivity index (χ1v) is 5.72. The minimum atomic E-state index is -0.858. The Kier molecular flexibility index (Phi) is 3.37. The second-order valence-electron chi connectivity index (χ2n) is 4.35. The van der Waals surface area contributed by atoms with Gasteiger partial charge in [0.2, 0.25) is 0 Å². The van der Waals surface area contributed by atoms with Crippen molar-refractivity contribution in [3.8, 4) is 0 Å². The van der Waals surface area contributed by atoms with Crippen LogP contribution in [-0.2, 0) is 6.42 Å². The van der Waals surface area contributed by atoms with Gasteiger partial charge in [0.1, 0.15) is 6.17 Å². The van der Waals surface area contributed by atoms with E-state index in [9.17, 15) is 4.39 Å². The lowest BCUT2D eigenvalue weighted by atomic mass is 10.0. The standard InChI is InChI=1S/C13H18FN/c1-10(14)12-6-4-11(5-7-12)9-13-3-2-8-15-13/h4-7,10,13,15H,2-3,8-9H2,1H3. The highest BCUT2D eigenvalue weighted by Gasteiger charge is 2.14. The van der Waals surface area contributed by atoms with E-state index in [1.165, 1.54) is 18.4 Å². The molecule has 2 unspecified atom stereocenters. The summed E-state index contributed by atoms with van der Waals surface area (Å²) in [6, 6.07) is 8.51. The van der Waals surface area contributed by atoms with Crippen molar-refractivity contribution in [2.24, 2.45) is 0 Å². The van der Waals surface area contributed by atoms with Gasteiger partial charge in [-0.3, -0.25) is 0 Å². The maximum absolute atomic E-state index is 13.0. The smallest absolute Gasteiger partial charge is 0.122 e. The molecule has 2 heteroatoms. The third kappa shape index (κ3) is 2.78. The zero-order chi connectivity index (χ0) is 10.7. The van der Waals surface area contributed by atoms with Crippen molar-refractivity contribution in [3.63, 3.8) is 0 Å². The van der Waals surface area contributed by atoms with Crippen LogP contribution in [0.4, 0.5) is 4.39 Å². The Morgan fingerprint density at radius 1 is 1.40 bits per heavy atom. The van der Waals surface area contributed by atoms with Gasteiger partial charge in [0.15, 0.2) is 0 Å². The fourth-order valence-electron chi connectivity index (χ4n) is 2.13. The molecule has 2 atom stereocenters. The monoisotopic (exact) mass is 207 g/mol. The molecule has 0 amide bonds. The lowest BCUT2D eigenvalue weighted by Gasteiger charge is -2.10. The molecule has 0 bridgehead atoms. The molecule has 82 valence electrons. The molecule has 1 saturated heterocycles. The highest BCUT2D eigenvalue weighted by molar-refractivity contribution is 5.24. The van der Waals surface area contributed by atoms with Crippen LogP contribution in [0.2, 0.25) is 0 Å². The average molecular weight is 207 g/mol. The van der Waals surface area contributed by atoms with E-state index in [0.29, 0.717) is 6.04 Å². The van der Waals surface area contributed by atoms with Gasteiger partial charge in [-0.2, -0.15) is 0 Å². The van der Waals surface area contributed by atoms with E-state index >= 15 is 0 Å². The van der Waals surface area contributed by atoms with Gasteiger partial charge in [-0.15, -0.1) is 0 Å². The molecule has 2 rings (SSSR count). The summed E-state index contributed by atoms with van der Waals surface area (Å²) in [6.07, 6.45) is 2.76. The Labute approximate surface area is 90.7 Å². The SMILES string of the molecule is CC(F)c1ccc(CC2CCCN2)cc1. The van der Waals surface area contributed by atoms with Gasteiger partial charge in [-0.25, -0.2) is 4.39 Å². The zero-order valence-electron chi connectivity index (χ0n) is 9.17. The fourth-order valence-corrected chi connectivity index (χ4v) is 2.13. The van der Waals surface area contributed by atoms with Crippen LogP contribution < -0.4 is 5.32 Å². The van der Waals surface area contributed by atoms with Crippen molar-refractivity contribution < 1.29 is 4.39 Å². The normalized spacial score (nSPS) is 22.9. The van der Waals surface area contributed by atoms with Crippen LogP contribution in [0.25, 0.3) is 0 Å². The zero-order valence-corrected chi connectivity index (χ0v) is 9.17. The molecule has 1 heterocycles. The molecule has 0 aromatic heterocycles. The molecule has 1 aromatic carbocycles. The largest absolute Gasteiger partial charge is 0.314 e. The number of rotatable bonds is 3. The molecular formula is C13H18FN. The van der Waals surface area contributed by atoms with Crippen LogP contribution in [0, 0.1) is 0 Å². The molecule has 1 N–H and O–H groups in total. The summed E-state index contributed by atoms with van der Waals surface area (Å²) in [6.45, 7) is 2.72. The predicted molar refractivity (Wildman–Crippen MR) is 60.7 cm³/mol. The Balaban J connectivity index is 1.97. The van der Waals surface area contributed by atoms with Gasteiger partial charge < -0.3 is 5.32 Å². The second kappa shape index (κ2) is 4.75. The summed E-state index contributed by atoms with van der Waals surface area (Å²) < 4.78 is 13.0. The van der Waals surface area contributed by atoms with E-state index in [1.54, 1.807) is 6.92 Å². The van der Waals surface area contributed by atoms with Gasteiger partial charge in [0.25, 0.3) is 0 Å². The van der Waals surface area contributed by atoms with E-state index < -0.39 is 6.17 Å². The quantitative estimate of drug-likeness (QED) is 0.803. The number of hydrogen-bond acceptors (Lipinski definition) is 1. The number of alkyl halides is 1.